The van der Waals surface area contributed by atoms with Crippen molar-refractivity contribution in [2.24, 2.45) is 0 Å². The maximum Gasteiger partial charge on any atom is 0.494 e. The van der Waals surface area contributed by atoms with Gasteiger partial charge in [-0.25, -0.2) is 17.9 Å². The number of thiol groups is 1. The number of cyclic esters (lactones) is 1. The van der Waals surface area contributed by atoms with Crippen LogP contribution in [-0.4, -0.2) is 49.8 Å². The van der Waals surface area contributed by atoms with Gasteiger partial charge in [0.15, 0.2) is 0 Å². The first kappa shape index (κ1) is 28.6. The molecule has 4 rings (SSSR count). The molecule has 1 N–H and O–H groups in total. The molecule has 2 aliphatic rings. The van der Waals surface area contributed by atoms with Gasteiger partial charge in [0, 0.05) is 24.9 Å². The Morgan fingerprint density at radius 3 is 2.11 bits per heavy atom. The molecule has 0 bridgehead atoms. The Morgan fingerprint density at radius 2 is 1.58 bits per heavy atom. The molecule has 0 aromatic heterocycles. The van der Waals surface area contributed by atoms with Crippen molar-refractivity contribution in [2.75, 3.05) is 6.54 Å². The molecule has 2 aromatic carbocycles. The molecule has 0 spiro atoms. The van der Waals surface area contributed by atoms with Gasteiger partial charge in [-0.1, -0.05) is 54.6 Å². The lowest BCUT2D eigenvalue weighted by Gasteiger charge is -2.46. The van der Waals surface area contributed by atoms with Crippen LogP contribution in [0, 0.1) is 0 Å². The van der Waals surface area contributed by atoms with E-state index in [1.807, 2.05) is 89.2 Å². The summed E-state index contributed by atoms with van der Waals surface area (Å²) in [5.41, 5.74) is 0.164. The van der Waals surface area contributed by atoms with E-state index in [1.165, 1.54) is 0 Å². The summed E-state index contributed by atoms with van der Waals surface area (Å²) >= 11 is 0. The predicted molar refractivity (Wildman–Crippen MR) is 149 cm³/mol. The molecular weight excluding hydrogens is 503 g/mol. The monoisotopic (exact) mass is 542 g/mol. The molecule has 38 heavy (non-hydrogen) atoms. The first-order chi connectivity index (χ1) is 17.6. The smallest absolute Gasteiger partial charge is 0.438 e. The van der Waals surface area contributed by atoms with Crippen molar-refractivity contribution in [2.45, 2.75) is 89.7 Å². The van der Waals surface area contributed by atoms with Gasteiger partial charge in [-0.3, -0.25) is 0 Å². The Kier molecular flexibility index (Phi) is 7.75. The highest BCUT2D eigenvalue weighted by Crippen LogP contribution is 2.42. The molecule has 2 atom stereocenters. The van der Waals surface area contributed by atoms with Crippen molar-refractivity contribution >= 4 is 29.6 Å². The molecule has 10 heteroatoms. The minimum Gasteiger partial charge on any atom is -0.438 e. The molecule has 0 aliphatic carbocycles. The molecule has 1 amide bonds. The second kappa shape index (κ2) is 10.3. The van der Waals surface area contributed by atoms with Crippen molar-refractivity contribution < 1.29 is 27.3 Å². The van der Waals surface area contributed by atoms with Crippen LogP contribution in [0.3, 0.4) is 0 Å². The van der Waals surface area contributed by atoms with Crippen LogP contribution in [-0.2, 0) is 30.5 Å². The van der Waals surface area contributed by atoms with E-state index in [0.717, 1.165) is 16.6 Å². The number of carbonyl (C=O) groups excluding carboxylic acids is 1. The largest absolute Gasteiger partial charge is 0.494 e. The fraction of sp³-hybridized carbons (Fsp3) is 0.536. The molecule has 8 nitrogen and oxygen atoms in total. The summed E-state index contributed by atoms with van der Waals surface area (Å²) in [4.78, 5) is 15.2. The van der Waals surface area contributed by atoms with Crippen molar-refractivity contribution in [1.29, 1.82) is 0 Å². The van der Waals surface area contributed by atoms with Crippen LogP contribution >= 0.6 is 0 Å². The average molecular weight is 543 g/mol. The summed E-state index contributed by atoms with van der Waals surface area (Å²) in [6.45, 7) is 14.1. The number of hydrogen-bond donors (Lipinski definition) is 2. The maximum absolute atomic E-state index is 13.4. The topological polar surface area (TPSA) is 94.2 Å². The van der Waals surface area contributed by atoms with Gasteiger partial charge in [0.2, 0.25) is 10.9 Å². The fourth-order valence-corrected chi connectivity index (χ4v) is 5.86. The van der Waals surface area contributed by atoms with E-state index in [4.69, 9.17) is 14.0 Å². The third kappa shape index (κ3) is 5.78. The number of ether oxygens (including phenoxy) is 1. The Morgan fingerprint density at radius 1 is 1.00 bits per heavy atom. The van der Waals surface area contributed by atoms with Gasteiger partial charge in [0.1, 0.15) is 5.60 Å². The van der Waals surface area contributed by atoms with Gasteiger partial charge in [-0.05, 0) is 65.1 Å². The van der Waals surface area contributed by atoms with E-state index in [0.29, 0.717) is 19.4 Å². The van der Waals surface area contributed by atoms with Gasteiger partial charge in [0.25, 0.3) is 0 Å². The van der Waals surface area contributed by atoms with Gasteiger partial charge in [0.05, 0.1) is 17.2 Å². The van der Waals surface area contributed by atoms with E-state index in [1.54, 1.807) is 18.7 Å². The number of benzene rings is 2. The van der Waals surface area contributed by atoms with E-state index < -0.39 is 46.4 Å². The van der Waals surface area contributed by atoms with Crippen LogP contribution in [0.4, 0.5) is 4.79 Å². The highest BCUT2D eigenvalue weighted by atomic mass is 32.2. The normalized spacial score (nSPS) is 23.9. The minimum atomic E-state index is -2.80. The standard InChI is InChI=1S/C28H39BN2O6S/c1-20(21-13-15-23(16-14-21)29-36-26(4,5)27(6,7)37-29)31-18-17-28(35-24(31)32,22-11-9-8-10-12-22)19-25(2,3)30-38(33)34/h8-16,20,38H,17-19H2,1-7H3,(H,30,33,34)/t20-,28-/m0/s1. The lowest BCUT2D eigenvalue weighted by molar-refractivity contribution is -0.0749. The van der Waals surface area contributed by atoms with Crippen LogP contribution in [0.25, 0.3) is 0 Å². The Labute approximate surface area is 228 Å². The quantitative estimate of drug-likeness (QED) is 0.386. The lowest BCUT2D eigenvalue weighted by atomic mass is 9.78. The summed E-state index contributed by atoms with van der Waals surface area (Å²) < 4.78 is 44.0. The number of nitrogens with zero attached hydrogens (tertiary/aromatic N) is 1. The van der Waals surface area contributed by atoms with E-state index in [2.05, 4.69) is 4.72 Å². The number of rotatable bonds is 8. The zero-order valence-corrected chi connectivity index (χ0v) is 24.2. The molecular formula is C28H39BN2O6S. The molecule has 2 aliphatic heterocycles. The number of amides is 1. The minimum absolute atomic E-state index is 0.217. The van der Waals surface area contributed by atoms with E-state index in [9.17, 15) is 13.2 Å². The predicted octanol–water partition coefficient (Wildman–Crippen LogP) is 4.07. The summed E-state index contributed by atoms with van der Waals surface area (Å²) in [5.74, 6) is 0. The maximum atomic E-state index is 13.4. The van der Waals surface area contributed by atoms with Crippen LogP contribution in [0.5, 0.6) is 0 Å². The van der Waals surface area contributed by atoms with Crippen molar-refractivity contribution in [3.8, 4) is 0 Å². The van der Waals surface area contributed by atoms with Gasteiger partial charge < -0.3 is 18.9 Å². The first-order valence-corrected chi connectivity index (χ1v) is 14.3. The Balaban J connectivity index is 1.51. The second-order valence-electron chi connectivity index (χ2n) is 12.0. The number of carbonyl (C=O) groups is 1. The molecule has 2 fully saturated rings. The zero-order chi connectivity index (χ0) is 27.9. The number of nitrogens with one attached hydrogen (secondary N) is 1. The molecule has 206 valence electrons. The highest BCUT2D eigenvalue weighted by Gasteiger charge is 2.52. The summed E-state index contributed by atoms with van der Waals surface area (Å²) in [6.07, 6.45) is 0.411. The van der Waals surface area contributed by atoms with Crippen LogP contribution in [0.15, 0.2) is 54.6 Å². The average Bonchev–Trinajstić information content (AvgIpc) is 3.05. The molecule has 2 heterocycles. The Hall–Kier alpha value is -2.40. The van der Waals surface area contributed by atoms with Crippen LogP contribution < -0.4 is 10.2 Å². The van der Waals surface area contributed by atoms with Crippen LogP contribution in [0.1, 0.15) is 78.5 Å². The molecule has 0 radical (unpaired) electrons. The Bertz CT molecular complexity index is 1210. The SMILES string of the molecule is C[C@@H](c1ccc(B2OC(C)(C)C(C)(C)O2)cc1)N1CC[C@](CC(C)(C)N[SH](=O)=O)(c2ccccc2)OC1=O. The molecule has 0 unspecified atom stereocenters. The molecule has 2 saturated heterocycles. The highest BCUT2D eigenvalue weighted by molar-refractivity contribution is 7.70. The van der Waals surface area contributed by atoms with Gasteiger partial charge in [-0.2, -0.15) is 0 Å². The number of hydrogen-bond acceptors (Lipinski definition) is 6. The summed E-state index contributed by atoms with van der Waals surface area (Å²) in [5, 5.41) is 0. The van der Waals surface area contributed by atoms with Crippen molar-refractivity contribution in [3.05, 3.63) is 65.7 Å². The van der Waals surface area contributed by atoms with Crippen LogP contribution in [0.2, 0.25) is 0 Å². The fourth-order valence-electron chi connectivity index (χ4n) is 5.28. The molecule has 2 aromatic rings. The lowest BCUT2D eigenvalue weighted by Crippen LogP contribution is -2.53. The zero-order valence-electron chi connectivity index (χ0n) is 23.3. The third-order valence-corrected chi connectivity index (χ3v) is 8.89. The third-order valence-electron chi connectivity index (χ3n) is 8.11. The second-order valence-corrected chi connectivity index (χ2v) is 12.8. The summed E-state index contributed by atoms with van der Waals surface area (Å²) in [6, 6.07) is 17.3. The first-order valence-electron chi connectivity index (χ1n) is 13.1. The van der Waals surface area contributed by atoms with Gasteiger partial charge >= 0.3 is 13.2 Å². The van der Waals surface area contributed by atoms with Gasteiger partial charge in [-0.15, -0.1) is 0 Å². The summed E-state index contributed by atoms with van der Waals surface area (Å²) in [7, 11) is -3.25. The molecule has 0 saturated carbocycles. The van der Waals surface area contributed by atoms with Crippen molar-refractivity contribution in [1.82, 2.24) is 9.62 Å². The van der Waals surface area contributed by atoms with E-state index >= 15 is 0 Å². The van der Waals surface area contributed by atoms with E-state index in [-0.39, 0.29) is 6.04 Å². The van der Waals surface area contributed by atoms with Crippen molar-refractivity contribution in [3.63, 3.8) is 0 Å².